The lowest BCUT2D eigenvalue weighted by Gasteiger charge is -2.40. The molecule has 1 saturated heterocycles. The van der Waals surface area contributed by atoms with Gasteiger partial charge in [0.2, 0.25) is 0 Å². The first kappa shape index (κ1) is 22.3. The summed E-state index contributed by atoms with van der Waals surface area (Å²) in [4.78, 5) is 41.2. The second-order valence-corrected chi connectivity index (χ2v) is 9.69. The van der Waals surface area contributed by atoms with Crippen LogP contribution in [0.5, 0.6) is 0 Å². The van der Waals surface area contributed by atoms with Crippen LogP contribution in [-0.4, -0.2) is 30.4 Å². The summed E-state index contributed by atoms with van der Waals surface area (Å²) < 4.78 is 0.699. The number of nitrogens with zero attached hydrogens (tertiary/aromatic N) is 2. The quantitative estimate of drug-likeness (QED) is 0.430. The Morgan fingerprint density at radius 2 is 1.84 bits per heavy atom. The number of likely N-dealkylation sites (N-methyl/N-ethyl adjacent to an activating group) is 1. The fourth-order valence-corrected chi connectivity index (χ4v) is 4.56. The number of urea groups is 1. The van der Waals surface area contributed by atoms with Crippen LogP contribution in [0, 0.1) is 0 Å². The first-order valence-electron chi connectivity index (χ1n) is 9.94. The summed E-state index contributed by atoms with van der Waals surface area (Å²) in [5.74, 6) is -1.47. The molecule has 1 fully saturated rings. The summed E-state index contributed by atoms with van der Waals surface area (Å²) in [5, 5.41) is 2.64. The molecule has 2 aliphatic heterocycles. The number of hydrogen-bond acceptors (Lipinski definition) is 4. The number of rotatable bonds is 2. The molecule has 0 spiro atoms. The van der Waals surface area contributed by atoms with Crippen molar-refractivity contribution in [1.82, 2.24) is 5.32 Å². The Labute approximate surface area is 199 Å². The van der Waals surface area contributed by atoms with Crippen molar-refractivity contribution < 1.29 is 14.4 Å². The van der Waals surface area contributed by atoms with Crippen LogP contribution >= 0.6 is 27.5 Å². The van der Waals surface area contributed by atoms with Crippen LogP contribution in [0.3, 0.4) is 0 Å². The Morgan fingerprint density at radius 1 is 1.12 bits per heavy atom. The van der Waals surface area contributed by atoms with Gasteiger partial charge in [-0.15, -0.1) is 0 Å². The van der Waals surface area contributed by atoms with Gasteiger partial charge in [0.15, 0.2) is 0 Å². The highest BCUT2D eigenvalue weighted by atomic mass is 79.9. The predicted octanol–water partition coefficient (Wildman–Crippen LogP) is 5.40. The van der Waals surface area contributed by atoms with Gasteiger partial charge in [0.05, 0.1) is 11.2 Å². The van der Waals surface area contributed by atoms with Gasteiger partial charge in [-0.1, -0.05) is 39.7 Å². The van der Waals surface area contributed by atoms with Crippen molar-refractivity contribution in [3.05, 3.63) is 68.7 Å². The predicted molar refractivity (Wildman–Crippen MR) is 131 cm³/mol. The maximum Gasteiger partial charge on any atom is 0.335 e. The van der Waals surface area contributed by atoms with E-state index in [1.807, 2.05) is 26.1 Å². The highest BCUT2D eigenvalue weighted by Gasteiger charge is 2.37. The standard InChI is InChI=1S/C24H21BrClN3O3/c1-13-12-24(2,3)28(4)20-11-19(26)14(8-17(13)20)9-18-21(30)27-23(32)29(22(18)31)16-7-5-6-15(25)10-16/h5-12H,1-4H3,(H,27,30,32)/b18-9+. The zero-order chi connectivity index (χ0) is 23.4. The molecule has 0 aromatic heterocycles. The summed E-state index contributed by atoms with van der Waals surface area (Å²) in [6.07, 6.45) is 3.59. The molecule has 2 aliphatic rings. The molecule has 2 aromatic rings. The molecule has 4 amide bonds. The van der Waals surface area contributed by atoms with Gasteiger partial charge in [-0.25, -0.2) is 9.69 Å². The van der Waals surface area contributed by atoms with Gasteiger partial charge in [-0.3, -0.25) is 14.9 Å². The minimum absolute atomic E-state index is 0.169. The summed E-state index contributed by atoms with van der Waals surface area (Å²) >= 11 is 9.90. The molecule has 6 nitrogen and oxygen atoms in total. The highest BCUT2D eigenvalue weighted by Crippen LogP contribution is 2.41. The molecule has 2 heterocycles. The maximum atomic E-state index is 13.2. The largest absolute Gasteiger partial charge is 0.365 e. The third-order valence-corrected chi connectivity index (χ3v) is 6.62. The lowest BCUT2D eigenvalue weighted by molar-refractivity contribution is -0.122. The van der Waals surface area contributed by atoms with Crippen LogP contribution in [0.4, 0.5) is 16.2 Å². The number of barbiturate groups is 1. The van der Waals surface area contributed by atoms with E-state index in [2.05, 4.69) is 46.1 Å². The first-order valence-corrected chi connectivity index (χ1v) is 11.1. The van der Waals surface area contributed by atoms with Crippen LogP contribution in [-0.2, 0) is 9.59 Å². The average Bonchev–Trinajstić information content (AvgIpc) is 2.69. The van der Waals surface area contributed by atoms with E-state index in [1.54, 1.807) is 24.3 Å². The van der Waals surface area contributed by atoms with E-state index in [1.165, 1.54) is 6.08 Å². The smallest absolute Gasteiger partial charge is 0.335 e. The number of amides is 4. The van der Waals surface area contributed by atoms with Gasteiger partial charge in [0.1, 0.15) is 5.57 Å². The van der Waals surface area contributed by atoms with E-state index < -0.39 is 17.8 Å². The van der Waals surface area contributed by atoms with Gasteiger partial charge in [0, 0.05) is 27.8 Å². The highest BCUT2D eigenvalue weighted by molar-refractivity contribution is 9.10. The van der Waals surface area contributed by atoms with Gasteiger partial charge in [-0.05, 0) is 68.3 Å². The number of imide groups is 2. The van der Waals surface area contributed by atoms with E-state index in [4.69, 9.17) is 11.6 Å². The average molecular weight is 515 g/mol. The molecule has 2 aromatic carbocycles. The zero-order valence-electron chi connectivity index (χ0n) is 18.0. The zero-order valence-corrected chi connectivity index (χ0v) is 20.3. The normalized spacial score (nSPS) is 19.1. The number of hydrogen-bond donors (Lipinski definition) is 1. The van der Waals surface area contributed by atoms with Crippen LogP contribution < -0.4 is 15.1 Å². The van der Waals surface area contributed by atoms with E-state index in [-0.39, 0.29) is 11.1 Å². The summed E-state index contributed by atoms with van der Waals surface area (Å²) in [6.45, 7) is 6.24. The Balaban J connectivity index is 1.80. The molecule has 4 rings (SSSR count). The van der Waals surface area contributed by atoms with Crippen LogP contribution in [0.15, 0.2) is 52.5 Å². The van der Waals surface area contributed by atoms with Crippen LogP contribution in [0.2, 0.25) is 5.02 Å². The molecule has 0 bridgehead atoms. The van der Waals surface area contributed by atoms with Crippen molar-refractivity contribution in [3.8, 4) is 0 Å². The SMILES string of the molecule is CC1=CC(C)(C)N(C)c2cc(Cl)c(/C=C3\C(=O)NC(=O)N(c4cccc(Br)c4)C3=O)cc21. The third kappa shape index (κ3) is 3.76. The van der Waals surface area contributed by atoms with Crippen LogP contribution in [0.25, 0.3) is 11.6 Å². The lowest BCUT2D eigenvalue weighted by Crippen LogP contribution is -2.54. The topological polar surface area (TPSA) is 69.7 Å². The van der Waals surface area contributed by atoms with Gasteiger partial charge in [-0.2, -0.15) is 0 Å². The van der Waals surface area contributed by atoms with E-state index in [0.717, 1.165) is 21.7 Å². The number of carbonyl (C=O) groups excluding carboxylic acids is 3. The van der Waals surface area contributed by atoms with Crippen molar-refractivity contribution in [2.24, 2.45) is 0 Å². The maximum absolute atomic E-state index is 13.2. The molecular weight excluding hydrogens is 494 g/mol. The number of fused-ring (bicyclic) bond motifs is 1. The molecule has 0 atom stereocenters. The van der Waals surface area contributed by atoms with Crippen molar-refractivity contribution in [2.45, 2.75) is 26.3 Å². The molecule has 1 N–H and O–H groups in total. The van der Waals surface area contributed by atoms with Crippen molar-refractivity contribution in [1.29, 1.82) is 0 Å². The van der Waals surface area contributed by atoms with E-state index in [9.17, 15) is 14.4 Å². The molecule has 0 saturated carbocycles. The van der Waals surface area contributed by atoms with E-state index in [0.29, 0.717) is 20.7 Å². The number of carbonyl (C=O) groups is 3. The van der Waals surface area contributed by atoms with Gasteiger partial charge in [0.25, 0.3) is 11.8 Å². The van der Waals surface area contributed by atoms with Crippen LogP contribution in [0.1, 0.15) is 31.9 Å². The Bertz CT molecular complexity index is 1250. The fourth-order valence-electron chi connectivity index (χ4n) is 3.96. The molecule has 0 aliphatic carbocycles. The summed E-state index contributed by atoms with van der Waals surface area (Å²) in [7, 11) is 2.00. The number of allylic oxidation sites excluding steroid dienone is 1. The van der Waals surface area contributed by atoms with Gasteiger partial charge >= 0.3 is 6.03 Å². The number of halogens is 2. The molecule has 0 radical (unpaired) electrons. The second kappa shape index (κ2) is 7.90. The van der Waals surface area contributed by atoms with Crippen molar-refractivity contribution >= 4 is 68.4 Å². The minimum atomic E-state index is -0.797. The van der Waals surface area contributed by atoms with Crippen molar-refractivity contribution in [2.75, 3.05) is 16.8 Å². The summed E-state index contributed by atoms with van der Waals surface area (Å²) in [5.41, 5.74) is 3.53. The number of anilines is 2. The number of nitrogens with one attached hydrogen (secondary N) is 1. The molecule has 164 valence electrons. The van der Waals surface area contributed by atoms with E-state index >= 15 is 0 Å². The number of benzene rings is 2. The first-order chi connectivity index (χ1) is 15.0. The Hall–Kier alpha value is -2.90. The fraction of sp³-hybridized carbons (Fsp3) is 0.208. The molecule has 0 unspecified atom stereocenters. The van der Waals surface area contributed by atoms with Crippen molar-refractivity contribution in [3.63, 3.8) is 0 Å². The second-order valence-electron chi connectivity index (χ2n) is 8.37. The minimum Gasteiger partial charge on any atom is -0.365 e. The molecule has 8 heteroatoms. The molecular formula is C24H21BrClN3O3. The third-order valence-electron chi connectivity index (χ3n) is 5.80. The Kier molecular flexibility index (Phi) is 5.51. The van der Waals surface area contributed by atoms with Gasteiger partial charge < -0.3 is 4.90 Å². The lowest BCUT2D eigenvalue weighted by atomic mass is 9.88. The summed E-state index contributed by atoms with van der Waals surface area (Å²) in [6, 6.07) is 9.63. The monoisotopic (exact) mass is 513 g/mol. The molecule has 32 heavy (non-hydrogen) atoms. The Morgan fingerprint density at radius 3 is 2.53 bits per heavy atom.